The fourth-order valence-electron chi connectivity index (χ4n) is 3.27. The van der Waals surface area contributed by atoms with Gasteiger partial charge in [-0.3, -0.25) is 4.79 Å². The molecule has 0 bridgehead atoms. The van der Waals surface area contributed by atoms with E-state index in [1.807, 2.05) is 0 Å². The Kier molecular flexibility index (Phi) is 4.27. The van der Waals surface area contributed by atoms with Crippen LogP contribution >= 0.6 is 11.8 Å². The summed E-state index contributed by atoms with van der Waals surface area (Å²) in [7, 11) is 0. The van der Waals surface area contributed by atoms with Crippen molar-refractivity contribution in [3.63, 3.8) is 0 Å². The molecule has 4 heteroatoms. The van der Waals surface area contributed by atoms with Crippen molar-refractivity contribution in [1.29, 1.82) is 0 Å². The molecule has 0 radical (unpaired) electrons. The van der Waals surface area contributed by atoms with Gasteiger partial charge in [0.25, 0.3) is 0 Å². The Labute approximate surface area is 115 Å². The van der Waals surface area contributed by atoms with Gasteiger partial charge in [-0.15, -0.1) is 11.8 Å². The van der Waals surface area contributed by atoms with E-state index in [0.717, 1.165) is 25.0 Å². The van der Waals surface area contributed by atoms with Crippen molar-refractivity contribution < 1.29 is 4.79 Å². The average molecular weight is 270 g/mol. The summed E-state index contributed by atoms with van der Waals surface area (Å²) in [6, 6.07) is 0. The minimum Gasteiger partial charge on any atom is -0.348 e. The molecule has 2 aliphatic rings. The molecule has 1 aliphatic heterocycles. The first-order valence-electron chi connectivity index (χ1n) is 7.19. The average Bonchev–Trinajstić information content (AvgIpc) is 2.80. The van der Waals surface area contributed by atoms with Crippen LogP contribution in [0.1, 0.15) is 52.4 Å². The Bertz CT molecular complexity index is 315. The third-order valence-electron chi connectivity index (χ3n) is 4.88. The van der Waals surface area contributed by atoms with E-state index in [9.17, 15) is 4.79 Å². The van der Waals surface area contributed by atoms with Gasteiger partial charge in [-0.1, -0.05) is 19.8 Å². The predicted molar refractivity (Wildman–Crippen MR) is 77.7 cm³/mol. The van der Waals surface area contributed by atoms with Crippen molar-refractivity contribution in [1.82, 2.24) is 5.32 Å². The van der Waals surface area contributed by atoms with E-state index >= 15 is 0 Å². The molecular weight excluding hydrogens is 244 g/mol. The maximum Gasteiger partial charge on any atom is 0.236 e. The standard InChI is InChI=1S/C14H26N2OS/c1-11-6-3-4-8-14(11,10-15)16-12(17)13(2)7-5-9-18-13/h11H,3-10,15H2,1-2H3,(H,16,17). The van der Waals surface area contributed by atoms with Crippen LogP contribution in [0.2, 0.25) is 0 Å². The van der Waals surface area contributed by atoms with Crippen LogP contribution in [0.3, 0.4) is 0 Å². The van der Waals surface area contributed by atoms with Crippen molar-refractivity contribution in [3.05, 3.63) is 0 Å². The first-order chi connectivity index (χ1) is 8.52. The van der Waals surface area contributed by atoms with Gasteiger partial charge in [0.2, 0.25) is 5.91 Å². The number of rotatable bonds is 3. The summed E-state index contributed by atoms with van der Waals surface area (Å²) >= 11 is 1.80. The molecule has 0 aromatic carbocycles. The summed E-state index contributed by atoms with van der Waals surface area (Å²) in [6.45, 7) is 4.88. The second-order valence-electron chi connectivity index (χ2n) is 6.14. The number of hydrogen-bond acceptors (Lipinski definition) is 3. The Morgan fingerprint density at radius 3 is 2.72 bits per heavy atom. The highest BCUT2D eigenvalue weighted by Crippen LogP contribution is 2.40. The minimum atomic E-state index is -0.223. The second-order valence-corrected chi connectivity index (χ2v) is 7.74. The smallest absolute Gasteiger partial charge is 0.236 e. The fourth-order valence-corrected chi connectivity index (χ4v) is 4.48. The lowest BCUT2D eigenvalue weighted by atomic mass is 9.73. The number of thioether (sulfide) groups is 1. The van der Waals surface area contributed by atoms with Gasteiger partial charge < -0.3 is 11.1 Å². The molecular formula is C14H26N2OS. The Morgan fingerprint density at radius 2 is 2.17 bits per heavy atom. The summed E-state index contributed by atoms with van der Waals surface area (Å²) in [6.07, 6.45) is 6.83. The van der Waals surface area contributed by atoms with Gasteiger partial charge in [0.15, 0.2) is 0 Å². The van der Waals surface area contributed by atoms with E-state index in [0.29, 0.717) is 12.5 Å². The van der Waals surface area contributed by atoms with Crippen molar-refractivity contribution in [2.45, 2.75) is 62.7 Å². The summed E-state index contributed by atoms with van der Waals surface area (Å²) in [5, 5.41) is 3.33. The van der Waals surface area contributed by atoms with Crippen molar-refractivity contribution >= 4 is 17.7 Å². The molecule has 3 N–H and O–H groups in total. The highest BCUT2D eigenvalue weighted by atomic mass is 32.2. The molecule has 1 amide bonds. The summed E-state index contributed by atoms with van der Waals surface area (Å²) < 4.78 is -0.223. The quantitative estimate of drug-likeness (QED) is 0.827. The lowest BCUT2D eigenvalue weighted by Crippen LogP contribution is -2.62. The topological polar surface area (TPSA) is 55.1 Å². The molecule has 18 heavy (non-hydrogen) atoms. The molecule has 3 atom stereocenters. The largest absolute Gasteiger partial charge is 0.348 e. The molecule has 0 aromatic heterocycles. The van der Waals surface area contributed by atoms with Gasteiger partial charge in [-0.2, -0.15) is 0 Å². The zero-order valence-corrected chi connectivity index (χ0v) is 12.4. The second kappa shape index (κ2) is 5.41. The predicted octanol–water partition coefficient (Wildman–Crippen LogP) is 2.30. The monoisotopic (exact) mass is 270 g/mol. The van der Waals surface area contributed by atoms with E-state index in [1.165, 1.54) is 19.3 Å². The molecule has 1 saturated heterocycles. The van der Waals surface area contributed by atoms with E-state index in [2.05, 4.69) is 19.2 Å². The van der Waals surface area contributed by atoms with E-state index in [1.54, 1.807) is 11.8 Å². The van der Waals surface area contributed by atoms with Gasteiger partial charge >= 0.3 is 0 Å². The maximum atomic E-state index is 12.6. The number of amides is 1. The number of nitrogens with two attached hydrogens (primary N) is 1. The summed E-state index contributed by atoms with van der Waals surface area (Å²) in [5.74, 6) is 1.81. The molecule has 2 fully saturated rings. The highest BCUT2D eigenvalue weighted by Gasteiger charge is 2.44. The third-order valence-corrected chi connectivity index (χ3v) is 6.40. The highest BCUT2D eigenvalue weighted by molar-refractivity contribution is 8.01. The molecule has 1 saturated carbocycles. The van der Waals surface area contributed by atoms with Gasteiger partial charge in [-0.05, 0) is 44.3 Å². The van der Waals surface area contributed by atoms with E-state index < -0.39 is 0 Å². The first-order valence-corrected chi connectivity index (χ1v) is 8.18. The van der Waals surface area contributed by atoms with Gasteiger partial charge in [0.1, 0.15) is 0 Å². The normalized spacial score (nSPS) is 40.7. The zero-order chi connectivity index (χ0) is 13.2. The van der Waals surface area contributed by atoms with Crippen molar-refractivity contribution in [2.24, 2.45) is 11.7 Å². The first kappa shape index (κ1) is 14.2. The van der Waals surface area contributed by atoms with Crippen LogP contribution in [0.5, 0.6) is 0 Å². The molecule has 1 aliphatic carbocycles. The number of carbonyl (C=O) groups is 1. The van der Waals surface area contributed by atoms with Crippen LogP contribution < -0.4 is 11.1 Å². The molecule has 3 nitrogen and oxygen atoms in total. The van der Waals surface area contributed by atoms with Crippen molar-refractivity contribution in [2.75, 3.05) is 12.3 Å². The molecule has 104 valence electrons. The van der Waals surface area contributed by atoms with Crippen LogP contribution in [0.4, 0.5) is 0 Å². The lowest BCUT2D eigenvalue weighted by Gasteiger charge is -2.44. The number of nitrogens with one attached hydrogen (secondary N) is 1. The van der Waals surface area contributed by atoms with Gasteiger partial charge in [0, 0.05) is 6.54 Å². The van der Waals surface area contributed by atoms with Crippen molar-refractivity contribution in [3.8, 4) is 0 Å². The summed E-state index contributed by atoms with van der Waals surface area (Å²) in [4.78, 5) is 12.6. The molecule has 0 aromatic rings. The minimum absolute atomic E-state index is 0.151. The van der Waals surface area contributed by atoms with Gasteiger partial charge in [-0.25, -0.2) is 0 Å². The molecule has 0 spiro atoms. The Balaban J connectivity index is 2.07. The number of hydrogen-bond donors (Lipinski definition) is 2. The third kappa shape index (κ3) is 2.55. The lowest BCUT2D eigenvalue weighted by molar-refractivity contribution is -0.126. The molecule has 3 unspecified atom stereocenters. The summed E-state index contributed by atoms with van der Waals surface area (Å²) in [5.41, 5.74) is 5.85. The fraction of sp³-hybridized carbons (Fsp3) is 0.929. The van der Waals surface area contributed by atoms with Gasteiger partial charge in [0.05, 0.1) is 10.3 Å². The number of carbonyl (C=O) groups excluding carboxylic acids is 1. The van der Waals surface area contributed by atoms with Crippen LogP contribution in [0.25, 0.3) is 0 Å². The zero-order valence-electron chi connectivity index (χ0n) is 11.6. The molecule has 1 heterocycles. The van der Waals surface area contributed by atoms with Crippen LogP contribution in [-0.4, -0.2) is 28.5 Å². The Hall–Kier alpha value is -0.220. The van der Waals surface area contributed by atoms with E-state index in [-0.39, 0.29) is 16.2 Å². The van der Waals surface area contributed by atoms with Crippen LogP contribution in [0.15, 0.2) is 0 Å². The SMILES string of the molecule is CC1CCCCC1(CN)NC(=O)C1(C)CCCS1. The molecule has 2 rings (SSSR count). The Morgan fingerprint density at radius 1 is 1.39 bits per heavy atom. The van der Waals surface area contributed by atoms with E-state index in [4.69, 9.17) is 5.73 Å². The van der Waals surface area contributed by atoms with Crippen LogP contribution in [-0.2, 0) is 4.79 Å². The maximum absolute atomic E-state index is 12.6. The van der Waals surface area contributed by atoms with Crippen LogP contribution in [0, 0.1) is 5.92 Å².